The normalized spacial score (nSPS) is 23.2. The van der Waals surface area contributed by atoms with Crippen molar-refractivity contribution in [3.8, 4) is 0 Å². The smallest absolute Gasteiger partial charge is 0.407 e. The summed E-state index contributed by atoms with van der Waals surface area (Å²) in [6, 6.07) is 19.6. The first-order valence-corrected chi connectivity index (χ1v) is 13.5. The molecule has 1 aliphatic heterocycles. The van der Waals surface area contributed by atoms with E-state index in [0.29, 0.717) is 13.2 Å². The molecular weight excluding hydrogens is 434 g/mol. The van der Waals surface area contributed by atoms with Gasteiger partial charge in [0.1, 0.15) is 0 Å². The second kappa shape index (κ2) is 12.4. The van der Waals surface area contributed by atoms with E-state index in [1.54, 1.807) is 0 Å². The highest BCUT2D eigenvalue weighted by atomic mass is 16.6. The molecule has 1 heterocycles. The van der Waals surface area contributed by atoms with Gasteiger partial charge >= 0.3 is 6.09 Å². The molecule has 4 heteroatoms. The number of amides is 1. The van der Waals surface area contributed by atoms with E-state index in [0.717, 1.165) is 57.8 Å². The Labute approximate surface area is 211 Å². The Balaban J connectivity index is 1.33. The lowest BCUT2D eigenvalue weighted by atomic mass is 9.78. The van der Waals surface area contributed by atoms with Crippen LogP contribution in [0.5, 0.6) is 0 Å². The molecule has 2 aromatic rings. The molecule has 0 radical (unpaired) electrons. The molecule has 188 valence electrons. The molecule has 1 fully saturated rings. The fraction of sp³-hybridized carbons (Fsp3) is 0.516. The Bertz CT molecular complexity index is 986. The van der Waals surface area contributed by atoms with Crippen LogP contribution < -0.4 is 5.32 Å². The van der Waals surface area contributed by atoms with Crippen molar-refractivity contribution in [2.75, 3.05) is 13.2 Å². The molecule has 1 saturated heterocycles. The number of allylic oxidation sites excluding steroid dienone is 1. The summed E-state index contributed by atoms with van der Waals surface area (Å²) in [5.41, 5.74) is 5.47. The van der Waals surface area contributed by atoms with Gasteiger partial charge in [-0.15, -0.1) is 0 Å². The van der Waals surface area contributed by atoms with Crippen LogP contribution in [0.1, 0.15) is 75.5 Å². The Morgan fingerprint density at radius 2 is 1.91 bits per heavy atom. The van der Waals surface area contributed by atoms with Crippen LogP contribution in [-0.2, 0) is 22.3 Å². The number of rotatable bonds is 11. The summed E-state index contributed by atoms with van der Waals surface area (Å²) in [5, 5.41) is 3.16. The largest absolute Gasteiger partial charge is 0.449 e. The van der Waals surface area contributed by atoms with E-state index in [1.165, 1.54) is 22.3 Å². The third-order valence-corrected chi connectivity index (χ3v) is 7.89. The van der Waals surface area contributed by atoms with E-state index >= 15 is 0 Å². The minimum absolute atomic E-state index is 0.210. The van der Waals surface area contributed by atoms with Crippen LogP contribution in [0.3, 0.4) is 0 Å². The SMILES string of the molecule is CCCCC1(C(C)COC2CC=C(c3ccccc3CCc3ccccc3)CC2)CCOC(=O)N1. The van der Waals surface area contributed by atoms with Gasteiger partial charge in [-0.25, -0.2) is 4.79 Å². The summed E-state index contributed by atoms with van der Waals surface area (Å²) >= 11 is 0. The first kappa shape index (κ1) is 25.5. The van der Waals surface area contributed by atoms with Crippen molar-refractivity contribution >= 4 is 11.7 Å². The summed E-state index contributed by atoms with van der Waals surface area (Å²) < 4.78 is 11.6. The van der Waals surface area contributed by atoms with Crippen LogP contribution in [0.25, 0.3) is 5.57 Å². The third-order valence-electron chi connectivity index (χ3n) is 7.89. The molecule has 4 nitrogen and oxygen atoms in total. The number of benzene rings is 2. The number of aryl methyl sites for hydroxylation is 2. The highest BCUT2D eigenvalue weighted by molar-refractivity contribution is 5.69. The van der Waals surface area contributed by atoms with Crippen molar-refractivity contribution in [1.29, 1.82) is 0 Å². The van der Waals surface area contributed by atoms with Crippen LogP contribution >= 0.6 is 0 Å². The average Bonchev–Trinajstić information content (AvgIpc) is 2.90. The van der Waals surface area contributed by atoms with Gasteiger partial charge in [-0.3, -0.25) is 0 Å². The Morgan fingerprint density at radius 3 is 2.66 bits per heavy atom. The van der Waals surface area contributed by atoms with Crippen molar-refractivity contribution in [3.63, 3.8) is 0 Å². The highest BCUT2D eigenvalue weighted by Crippen LogP contribution is 2.34. The Hall–Kier alpha value is -2.59. The van der Waals surface area contributed by atoms with Gasteiger partial charge in [0.2, 0.25) is 0 Å². The van der Waals surface area contributed by atoms with E-state index < -0.39 is 0 Å². The highest BCUT2D eigenvalue weighted by Gasteiger charge is 2.40. The standard InChI is InChI=1S/C31H41NO3/c1-3-4-20-31(21-22-34-30(33)32-31)24(2)23-35-28-18-16-27(17-19-28)29-13-9-8-12-26(29)15-14-25-10-6-5-7-11-25/h5-13,16,24,28H,3-4,14-15,17-23H2,1-2H3,(H,32,33). The fourth-order valence-corrected chi connectivity index (χ4v) is 5.54. The maximum absolute atomic E-state index is 12.0. The predicted molar refractivity (Wildman–Crippen MR) is 142 cm³/mol. The van der Waals surface area contributed by atoms with Crippen LogP contribution in [0.2, 0.25) is 0 Å². The monoisotopic (exact) mass is 475 g/mol. The van der Waals surface area contributed by atoms with Crippen molar-refractivity contribution in [3.05, 3.63) is 77.4 Å². The van der Waals surface area contributed by atoms with Crippen molar-refractivity contribution < 1.29 is 14.3 Å². The van der Waals surface area contributed by atoms with E-state index in [1.807, 2.05) is 0 Å². The zero-order valence-corrected chi connectivity index (χ0v) is 21.4. The zero-order chi connectivity index (χ0) is 24.5. The molecule has 1 aliphatic carbocycles. The van der Waals surface area contributed by atoms with Crippen LogP contribution in [0.4, 0.5) is 4.79 Å². The van der Waals surface area contributed by atoms with Gasteiger partial charge in [-0.05, 0) is 60.8 Å². The lowest BCUT2D eigenvalue weighted by Gasteiger charge is -2.43. The van der Waals surface area contributed by atoms with Gasteiger partial charge in [0, 0.05) is 12.3 Å². The second-order valence-corrected chi connectivity index (χ2v) is 10.3. The molecule has 2 aromatic carbocycles. The quantitative estimate of drug-likeness (QED) is 0.376. The van der Waals surface area contributed by atoms with Gasteiger partial charge in [0.25, 0.3) is 0 Å². The average molecular weight is 476 g/mol. The third kappa shape index (κ3) is 6.76. The van der Waals surface area contributed by atoms with Crippen molar-refractivity contribution in [1.82, 2.24) is 5.32 Å². The molecule has 1 N–H and O–H groups in total. The second-order valence-electron chi connectivity index (χ2n) is 10.3. The summed E-state index contributed by atoms with van der Waals surface area (Å²) in [5.74, 6) is 0.256. The van der Waals surface area contributed by atoms with E-state index in [4.69, 9.17) is 9.47 Å². The van der Waals surface area contributed by atoms with Gasteiger partial charge < -0.3 is 14.8 Å². The van der Waals surface area contributed by atoms with Gasteiger partial charge in [-0.1, -0.05) is 87.4 Å². The molecule has 4 rings (SSSR count). The van der Waals surface area contributed by atoms with Crippen molar-refractivity contribution in [2.24, 2.45) is 5.92 Å². The van der Waals surface area contributed by atoms with E-state index in [9.17, 15) is 4.79 Å². The molecule has 3 atom stereocenters. The fourth-order valence-electron chi connectivity index (χ4n) is 5.54. The van der Waals surface area contributed by atoms with Gasteiger partial charge in [0.05, 0.1) is 24.9 Å². The number of carbonyl (C=O) groups is 1. The van der Waals surface area contributed by atoms with Crippen LogP contribution in [0, 0.1) is 5.92 Å². The minimum Gasteiger partial charge on any atom is -0.449 e. The summed E-state index contributed by atoms with van der Waals surface area (Å²) in [4.78, 5) is 12.0. The first-order valence-electron chi connectivity index (χ1n) is 13.5. The number of alkyl carbamates (subject to hydrolysis) is 1. The zero-order valence-electron chi connectivity index (χ0n) is 21.4. The van der Waals surface area contributed by atoms with Crippen molar-refractivity contribution in [2.45, 2.75) is 83.3 Å². The number of hydrogen-bond acceptors (Lipinski definition) is 3. The Kier molecular flexibility index (Phi) is 9.03. The summed E-state index contributed by atoms with van der Waals surface area (Å²) in [7, 11) is 0. The van der Waals surface area contributed by atoms with E-state index in [2.05, 4.69) is 79.8 Å². The molecule has 1 amide bonds. The van der Waals surface area contributed by atoms with Gasteiger partial charge in [-0.2, -0.15) is 0 Å². The summed E-state index contributed by atoms with van der Waals surface area (Å²) in [6.07, 6.45) is 11.6. The molecule has 0 aromatic heterocycles. The van der Waals surface area contributed by atoms with Gasteiger partial charge in [0.15, 0.2) is 0 Å². The number of cyclic esters (lactones) is 1. The number of nitrogens with one attached hydrogen (secondary N) is 1. The maximum Gasteiger partial charge on any atom is 0.407 e. The molecule has 35 heavy (non-hydrogen) atoms. The maximum atomic E-state index is 12.0. The number of carbonyl (C=O) groups excluding carboxylic acids is 1. The van der Waals surface area contributed by atoms with Crippen LogP contribution in [-0.4, -0.2) is 30.9 Å². The molecule has 3 unspecified atom stereocenters. The minimum atomic E-state index is -0.282. The number of unbranched alkanes of at least 4 members (excludes halogenated alkanes) is 1. The lowest BCUT2D eigenvalue weighted by Crippen LogP contribution is -2.58. The van der Waals surface area contributed by atoms with E-state index in [-0.39, 0.29) is 23.7 Å². The number of hydrogen-bond donors (Lipinski definition) is 1. The number of ether oxygens (including phenoxy) is 2. The first-order chi connectivity index (χ1) is 17.1. The lowest BCUT2D eigenvalue weighted by molar-refractivity contribution is -0.0131. The Morgan fingerprint density at radius 1 is 1.11 bits per heavy atom. The summed E-state index contributed by atoms with van der Waals surface area (Å²) in [6.45, 7) is 5.58. The molecular formula is C31H41NO3. The molecule has 0 bridgehead atoms. The topological polar surface area (TPSA) is 47.6 Å². The van der Waals surface area contributed by atoms with Crippen LogP contribution in [0.15, 0.2) is 60.7 Å². The molecule has 2 aliphatic rings. The molecule has 0 spiro atoms. The predicted octanol–water partition coefficient (Wildman–Crippen LogP) is 7.12. The molecule has 0 saturated carbocycles.